The SMILES string of the molecule is O=[N+]([O-])c1c(O)cccc1-c1ncc[nH]1. The highest BCUT2D eigenvalue weighted by molar-refractivity contribution is 5.72. The number of aromatic hydroxyl groups is 1. The number of nitro groups is 1. The zero-order chi connectivity index (χ0) is 10.8. The lowest BCUT2D eigenvalue weighted by molar-refractivity contribution is -0.385. The second-order valence-electron chi connectivity index (χ2n) is 2.87. The maximum atomic E-state index is 10.7. The minimum Gasteiger partial charge on any atom is -0.502 e. The summed E-state index contributed by atoms with van der Waals surface area (Å²) in [6.07, 6.45) is 3.05. The van der Waals surface area contributed by atoms with Crippen molar-refractivity contribution >= 4 is 5.69 Å². The maximum absolute atomic E-state index is 10.7. The Hall–Kier alpha value is -2.37. The minimum atomic E-state index is -0.632. The van der Waals surface area contributed by atoms with Crippen LogP contribution in [0.5, 0.6) is 5.75 Å². The Morgan fingerprint density at radius 2 is 2.27 bits per heavy atom. The number of hydrogen-bond donors (Lipinski definition) is 2. The molecule has 0 bridgehead atoms. The molecule has 0 aliphatic rings. The van der Waals surface area contributed by atoms with E-state index >= 15 is 0 Å². The molecule has 1 heterocycles. The summed E-state index contributed by atoms with van der Waals surface area (Å²) >= 11 is 0. The fourth-order valence-electron chi connectivity index (χ4n) is 1.33. The normalized spacial score (nSPS) is 10.1. The lowest BCUT2D eigenvalue weighted by Crippen LogP contribution is -1.93. The monoisotopic (exact) mass is 205 g/mol. The number of hydrogen-bond acceptors (Lipinski definition) is 4. The van der Waals surface area contributed by atoms with Crippen LogP contribution in [0.3, 0.4) is 0 Å². The largest absolute Gasteiger partial charge is 0.502 e. The molecule has 1 aromatic carbocycles. The number of aromatic nitrogens is 2. The molecule has 2 rings (SSSR count). The molecular weight excluding hydrogens is 198 g/mol. The number of para-hydroxylation sites is 1. The van der Waals surface area contributed by atoms with E-state index in [1.807, 2.05) is 0 Å². The molecule has 76 valence electrons. The summed E-state index contributed by atoms with van der Waals surface area (Å²) in [5, 5.41) is 20.1. The van der Waals surface area contributed by atoms with Gasteiger partial charge in [0.05, 0.1) is 10.5 Å². The summed E-state index contributed by atoms with van der Waals surface area (Å²) < 4.78 is 0. The van der Waals surface area contributed by atoms with Crippen molar-refractivity contribution in [1.82, 2.24) is 9.97 Å². The third-order valence-corrected chi connectivity index (χ3v) is 1.95. The van der Waals surface area contributed by atoms with Crippen molar-refractivity contribution in [2.45, 2.75) is 0 Å². The molecule has 0 aliphatic heterocycles. The van der Waals surface area contributed by atoms with E-state index in [0.717, 1.165) is 0 Å². The van der Waals surface area contributed by atoms with Gasteiger partial charge in [-0.2, -0.15) is 0 Å². The average molecular weight is 205 g/mol. The molecule has 0 amide bonds. The fraction of sp³-hybridized carbons (Fsp3) is 0. The Kier molecular flexibility index (Phi) is 2.09. The third kappa shape index (κ3) is 1.52. The van der Waals surface area contributed by atoms with E-state index in [9.17, 15) is 15.2 Å². The summed E-state index contributed by atoms with van der Waals surface area (Å²) in [6.45, 7) is 0. The first-order valence-corrected chi connectivity index (χ1v) is 4.16. The highest BCUT2D eigenvalue weighted by Gasteiger charge is 2.21. The molecule has 1 aromatic heterocycles. The quantitative estimate of drug-likeness (QED) is 0.576. The molecular formula is C9H7N3O3. The van der Waals surface area contributed by atoms with Gasteiger partial charge in [0.1, 0.15) is 5.82 Å². The summed E-state index contributed by atoms with van der Waals surface area (Å²) in [5.41, 5.74) is -0.0718. The van der Waals surface area contributed by atoms with Gasteiger partial charge in [-0.25, -0.2) is 4.98 Å². The summed E-state index contributed by atoms with van der Waals surface area (Å²) in [5.74, 6) is -0.00787. The van der Waals surface area contributed by atoms with Crippen LogP contribution < -0.4 is 0 Å². The van der Waals surface area contributed by atoms with Gasteiger partial charge >= 0.3 is 5.69 Å². The molecule has 2 aromatic rings. The number of nitrogens with zero attached hydrogens (tertiary/aromatic N) is 2. The predicted molar refractivity (Wildman–Crippen MR) is 52.3 cm³/mol. The molecule has 0 saturated carbocycles. The Bertz CT molecular complexity index is 493. The van der Waals surface area contributed by atoms with Crippen LogP contribution in [0.4, 0.5) is 5.69 Å². The van der Waals surface area contributed by atoms with E-state index in [0.29, 0.717) is 5.82 Å². The third-order valence-electron chi connectivity index (χ3n) is 1.95. The first-order chi connectivity index (χ1) is 7.20. The van der Waals surface area contributed by atoms with Gasteiger partial charge in [-0.15, -0.1) is 0 Å². The van der Waals surface area contributed by atoms with Crippen LogP contribution in [0.1, 0.15) is 0 Å². The number of benzene rings is 1. The Morgan fingerprint density at radius 3 is 2.87 bits per heavy atom. The van der Waals surface area contributed by atoms with E-state index in [1.54, 1.807) is 6.20 Å². The second kappa shape index (κ2) is 3.41. The van der Waals surface area contributed by atoms with Crippen molar-refractivity contribution < 1.29 is 10.0 Å². The smallest absolute Gasteiger partial charge is 0.321 e. The summed E-state index contributed by atoms with van der Waals surface area (Å²) in [4.78, 5) is 16.8. The number of imidazole rings is 1. The van der Waals surface area contributed by atoms with Gasteiger partial charge in [0.2, 0.25) is 0 Å². The van der Waals surface area contributed by atoms with Crippen LogP contribution in [0.25, 0.3) is 11.4 Å². The van der Waals surface area contributed by atoms with Gasteiger partial charge < -0.3 is 10.1 Å². The molecule has 0 radical (unpaired) electrons. The number of H-pyrrole nitrogens is 1. The average Bonchev–Trinajstić information content (AvgIpc) is 2.69. The summed E-state index contributed by atoms with van der Waals surface area (Å²) in [6, 6.07) is 4.32. The van der Waals surface area contributed by atoms with Crippen LogP contribution >= 0.6 is 0 Å². The lowest BCUT2D eigenvalue weighted by Gasteiger charge is -2.00. The van der Waals surface area contributed by atoms with Crippen molar-refractivity contribution in [3.63, 3.8) is 0 Å². The van der Waals surface area contributed by atoms with Gasteiger partial charge in [0.25, 0.3) is 0 Å². The molecule has 6 nitrogen and oxygen atoms in total. The van der Waals surface area contributed by atoms with E-state index < -0.39 is 4.92 Å². The zero-order valence-corrected chi connectivity index (χ0v) is 7.54. The van der Waals surface area contributed by atoms with E-state index in [4.69, 9.17) is 0 Å². The van der Waals surface area contributed by atoms with Crippen molar-refractivity contribution in [1.29, 1.82) is 0 Å². The van der Waals surface area contributed by atoms with Crippen LogP contribution in [0, 0.1) is 10.1 Å². The van der Waals surface area contributed by atoms with E-state index in [1.165, 1.54) is 24.4 Å². The van der Waals surface area contributed by atoms with E-state index in [2.05, 4.69) is 9.97 Å². The molecule has 0 saturated heterocycles. The minimum absolute atomic E-state index is 0.269. The Morgan fingerprint density at radius 1 is 1.47 bits per heavy atom. The number of phenols is 1. The van der Waals surface area contributed by atoms with Crippen molar-refractivity contribution in [2.75, 3.05) is 0 Å². The summed E-state index contributed by atoms with van der Waals surface area (Å²) in [7, 11) is 0. The predicted octanol–water partition coefficient (Wildman–Crippen LogP) is 1.69. The molecule has 0 unspecified atom stereocenters. The Balaban J connectivity index is 2.66. The number of nitrogens with one attached hydrogen (secondary N) is 1. The second-order valence-corrected chi connectivity index (χ2v) is 2.87. The molecule has 2 N–H and O–H groups in total. The van der Waals surface area contributed by atoms with Gasteiger partial charge in [-0.1, -0.05) is 6.07 Å². The molecule has 6 heteroatoms. The van der Waals surface area contributed by atoms with Crippen LogP contribution in [0.2, 0.25) is 0 Å². The first-order valence-electron chi connectivity index (χ1n) is 4.16. The van der Waals surface area contributed by atoms with E-state index in [-0.39, 0.29) is 17.0 Å². The number of aromatic amines is 1. The van der Waals surface area contributed by atoms with Crippen molar-refractivity contribution in [3.05, 3.63) is 40.7 Å². The molecule has 0 aliphatic carbocycles. The van der Waals surface area contributed by atoms with Crippen LogP contribution in [0.15, 0.2) is 30.6 Å². The van der Waals surface area contributed by atoms with Gasteiger partial charge in [0, 0.05) is 12.4 Å². The van der Waals surface area contributed by atoms with Gasteiger partial charge in [0.15, 0.2) is 5.75 Å². The van der Waals surface area contributed by atoms with Crippen LogP contribution in [-0.2, 0) is 0 Å². The van der Waals surface area contributed by atoms with Gasteiger partial charge in [-0.3, -0.25) is 10.1 Å². The molecule has 15 heavy (non-hydrogen) atoms. The molecule has 0 fully saturated rings. The first kappa shape index (κ1) is 9.20. The van der Waals surface area contributed by atoms with Crippen molar-refractivity contribution in [2.24, 2.45) is 0 Å². The lowest BCUT2D eigenvalue weighted by atomic mass is 10.1. The van der Waals surface area contributed by atoms with Crippen molar-refractivity contribution in [3.8, 4) is 17.1 Å². The zero-order valence-electron chi connectivity index (χ0n) is 7.54. The topological polar surface area (TPSA) is 92.1 Å². The fourth-order valence-corrected chi connectivity index (χ4v) is 1.33. The standard InChI is InChI=1S/C9H7N3O3/c13-7-3-1-2-6(8(7)12(14)15)9-10-4-5-11-9/h1-5,13H,(H,10,11). The number of phenolic OH excluding ortho intramolecular Hbond substituents is 1. The maximum Gasteiger partial charge on any atom is 0.321 e. The molecule has 0 spiro atoms. The number of nitro benzene ring substituents is 1. The highest BCUT2D eigenvalue weighted by Crippen LogP contribution is 2.34. The van der Waals surface area contributed by atoms with Gasteiger partial charge in [-0.05, 0) is 12.1 Å². The number of rotatable bonds is 2. The highest BCUT2D eigenvalue weighted by atomic mass is 16.6. The molecule has 0 atom stereocenters. The van der Waals surface area contributed by atoms with Crippen LogP contribution in [-0.4, -0.2) is 20.0 Å². The Labute approximate surface area is 84.4 Å².